The first-order valence-corrected chi connectivity index (χ1v) is 12.6. The number of thioether (sulfide) groups is 1. The summed E-state index contributed by atoms with van der Waals surface area (Å²) in [4.78, 5) is 25.8. The van der Waals surface area contributed by atoms with Gasteiger partial charge in [-0.1, -0.05) is 37.2 Å². The van der Waals surface area contributed by atoms with Gasteiger partial charge in [0.25, 0.3) is 5.91 Å². The number of carbonyl (C=O) groups excluding carboxylic acids is 2. The minimum absolute atomic E-state index is 0.121. The average Bonchev–Trinajstić information content (AvgIpc) is 3.40. The van der Waals surface area contributed by atoms with Crippen molar-refractivity contribution in [3.05, 3.63) is 45.8 Å². The number of unbranched alkanes of at least 4 members (excludes halogenated alkanes) is 1. The number of hydrogen-bond acceptors (Lipinski definition) is 7. The molecule has 3 aromatic rings. The number of anilines is 1. The lowest BCUT2D eigenvalue weighted by atomic mass is 9.95. The SMILES string of the molecule is CCCCc1ccc(-n2nnnc2SCC(=O)Nc2sc3c(c2C(N)=O)CCCC3)cc1. The molecule has 0 bridgehead atoms. The first-order chi connectivity index (χ1) is 15.6. The highest BCUT2D eigenvalue weighted by Crippen LogP contribution is 2.38. The quantitative estimate of drug-likeness (QED) is 0.460. The number of thiophene rings is 1. The fraction of sp³-hybridized carbons (Fsp3) is 0.409. The van der Waals surface area contributed by atoms with Gasteiger partial charge in [-0.3, -0.25) is 9.59 Å². The van der Waals surface area contributed by atoms with E-state index in [-0.39, 0.29) is 11.7 Å². The minimum atomic E-state index is -0.487. The van der Waals surface area contributed by atoms with E-state index in [0.717, 1.165) is 61.1 Å². The molecule has 1 aliphatic rings. The lowest BCUT2D eigenvalue weighted by Gasteiger charge is -2.11. The van der Waals surface area contributed by atoms with Crippen molar-refractivity contribution in [1.82, 2.24) is 20.2 Å². The second-order valence-electron chi connectivity index (χ2n) is 7.76. The van der Waals surface area contributed by atoms with Crippen LogP contribution in [0.1, 0.15) is 59.0 Å². The number of amides is 2. The Hall–Kier alpha value is -2.72. The predicted molar refractivity (Wildman–Crippen MR) is 127 cm³/mol. The van der Waals surface area contributed by atoms with Crippen LogP contribution in [0.15, 0.2) is 29.4 Å². The third-order valence-electron chi connectivity index (χ3n) is 5.44. The molecule has 4 rings (SSSR count). The molecule has 10 heteroatoms. The van der Waals surface area contributed by atoms with Gasteiger partial charge in [0.05, 0.1) is 17.0 Å². The number of carbonyl (C=O) groups is 2. The molecule has 32 heavy (non-hydrogen) atoms. The number of benzene rings is 1. The largest absolute Gasteiger partial charge is 0.365 e. The number of nitrogens with one attached hydrogen (secondary N) is 1. The number of fused-ring (bicyclic) bond motifs is 1. The zero-order valence-corrected chi connectivity index (χ0v) is 19.6. The highest BCUT2D eigenvalue weighted by atomic mass is 32.2. The molecule has 0 aliphatic heterocycles. The Morgan fingerprint density at radius 2 is 2.00 bits per heavy atom. The molecule has 168 valence electrons. The van der Waals surface area contributed by atoms with Crippen molar-refractivity contribution in [2.45, 2.75) is 57.0 Å². The maximum Gasteiger partial charge on any atom is 0.251 e. The van der Waals surface area contributed by atoms with Gasteiger partial charge in [0, 0.05) is 4.88 Å². The number of rotatable bonds is 9. The van der Waals surface area contributed by atoms with Crippen molar-refractivity contribution in [1.29, 1.82) is 0 Å². The molecule has 0 spiro atoms. The molecule has 0 fully saturated rings. The zero-order valence-electron chi connectivity index (χ0n) is 18.0. The van der Waals surface area contributed by atoms with Crippen LogP contribution in [0.4, 0.5) is 5.00 Å². The normalized spacial score (nSPS) is 13.0. The lowest BCUT2D eigenvalue weighted by molar-refractivity contribution is -0.113. The van der Waals surface area contributed by atoms with Crippen LogP contribution in [-0.4, -0.2) is 37.8 Å². The van der Waals surface area contributed by atoms with Crippen molar-refractivity contribution in [3.63, 3.8) is 0 Å². The van der Waals surface area contributed by atoms with E-state index in [1.165, 1.54) is 28.7 Å². The maximum absolute atomic E-state index is 12.6. The first kappa shape index (κ1) is 22.5. The molecule has 8 nitrogen and oxygen atoms in total. The van der Waals surface area contributed by atoms with Crippen molar-refractivity contribution < 1.29 is 9.59 Å². The predicted octanol–water partition coefficient (Wildman–Crippen LogP) is 3.77. The number of nitrogens with two attached hydrogens (primary N) is 1. The van der Waals surface area contributed by atoms with E-state index in [1.54, 1.807) is 4.68 Å². The van der Waals surface area contributed by atoms with E-state index in [0.29, 0.717) is 15.7 Å². The molecule has 0 saturated heterocycles. The smallest absolute Gasteiger partial charge is 0.251 e. The van der Waals surface area contributed by atoms with E-state index in [2.05, 4.69) is 39.9 Å². The van der Waals surface area contributed by atoms with Gasteiger partial charge in [-0.15, -0.1) is 16.4 Å². The van der Waals surface area contributed by atoms with E-state index < -0.39 is 5.91 Å². The number of nitrogens with zero attached hydrogens (tertiary/aromatic N) is 4. The van der Waals surface area contributed by atoms with Crippen molar-refractivity contribution >= 4 is 39.9 Å². The molecule has 2 aromatic heterocycles. The summed E-state index contributed by atoms with van der Waals surface area (Å²) < 4.78 is 1.63. The van der Waals surface area contributed by atoms with E-state index in [1.807, 2.05) is 12.1 Å². The summed E-state index contributed by atoms with van der Waals surface area (Å²) in [6.45, 7) is 2.18. The van der Waals surface area contributed by atoms with Gasteiger partial charge in [0.15, 0.2) is 0 Å². The second-order valence-corrected chi connectivity index (χ2v) is 9.81. The van der Waals surface area contributed by atoms with E-state index in [9.17, 15) is 9.59 Å². The monoisotopic (exact) mass is 470 g/mol. The number of primary amides is 1. The summed E-state index contributed by atoms with van der Waals surface area (Å²) in [7, 11) is 0. The van der Waals surface area contributed by atoms with Gasteiger partial charge in [-0.05, 0) is 72.2 Å². The van der Waals surface area contributed by atoms with Gasteiger partial charge < -0.3 is 11.1 Å². The zero-order chi connectivity index (χ0) is 22.5. The third-order valence-corrected chi connectivity index (χ3v) is 7.57. The van der Waals surface area contributed by atoms with Crippen LogP contribution in [-0.2, 0) is 24.1 Å². The second kappa shape index (κ2) is 10.3. The van der Waals surface area contributed by atoms with Gasteiger partial charge in [0.1, 0.15) is 5.00 Å². The number of hydrogen-bond donors (Lipinski definition) is 2. The van der Waals surface area contributed by atoms with Crippen molar-refractivity contribution in [2.75, 3.05) is 11.1 Å². The summed E-state index contributed by atoms with van der Waals surface area (Å²) in [6, 6.07) is 8.14. The number of aromatic nitrogens is 4. The molecule has 3 N–H and O–H groups in total. The van der Waals surface area contributed by atoms with Gasteiger partial charge in [-0.25, -0.2) is 0 Å². The number of aryl methyl sites for hydroxylation is 2. The molecule has 0 unspecified atom stereocenters. The van der Waals surface area contributed by atoms with Crippen LogP contribution in [0, 0.1) is 0 Å². The Labute approximate surface area is 195 Å². The Balaban J connectivity index is 1.41. The summed E-state index contributed by atoms with van der Waals surface area (Å²) in [5, 5.41) is 15.8. The molecule has 2 amide bonds. The fourth-order valence-corrected chi connectivity index (χ4v) is 5.82. The van der Waals surface area contributed by atoms with Crippen LogP contribution >= 0.6 is 23.1 Å². The fourth-order valence-electron chi connectivity index (χ4n) is 3.82. The topological polar surface area (TPSA) is 116 Å². The van der Waals surface area contributed by atoms with Crippen molar-refractivity contribution in [3.8, 4) is 5.69 Å². The Kier molecular flexibility index (Phi) is 7.21. The summed E-state index contributed by atoms with van der Waals surface area (Å²) in [6.07, 6.45) is 7.26. The Bertz CT molecular complexity index is 1110. The van der Waals surface area contributed by atoms with Crippen LogP contribution < -0.4 is 11.1 Å². The van der Waals surface area contributed by atoms with Crippen LogP contribution in [0.5, 0.6) is 0 Å². The molecular weight excluding hydrogens is 444 g/mol. The van der Waals surface area contributed by atoms with Crippen LogP contribution in [0.2, 0.25) is 0 Å². The Morgan fingerprint density at radius 1 is 1.22 bits per heavy atom. The van der Waals surface area contributed by atoms with Crippen LogP contribution in [0.3, 0.4) is 0 Å². The van der Waals surface area contributed by atoms with Gasteiger partial charge in [0.2, 0.25) is 11.1 Å². The first-order valence-electron chi connectivity index (χ1n) is 10.8. The van der Waals surface area contributed by atoms with Crippen LogP contribution in [0.25, 0.3) is 5.69 Å². The Morgan fingerprint density at radius 3 is 2.75 bits per heavy atom. The third kappa shape index (κ3) is 5.02. The molecule has 1 aliphatic carbocycles. The molecular formula is C22H26N6O2S2. The number of tetrazole rings is 1. The average molecular weight is 471 g/mol. The molecule has 0 radical (unpaired) electrons. The van der Waals surface area contributed by atoms with Gasteiger partial charge >= 0.3 is 0 Å². The summed E-state index contributed by atoms with van der Waals surface area (Å²) in [5.41, 5.74) is 9.21. The summed E-state index contributed by atoms with van der Waals surface area (Å²) in [5.74, 6) is -0.588. The molecule has 1 aromatic carbocycles. The molecule has 0 atom stereocenters. The van der Waals surface area contributed by atoms with E-state index >= 15 is 0 Å². The maximum atomic E-state index is 12.6. The highest BCUT2D eigenvalue weighted by Gasteiger charge is 2.25. The summed E-state index contributed by atoms with van der Waals surface area (Å²) >= 11 is 2.71. The van der Waals surface area contributed by atoms with Gasteiger partial charge in [-0.2, -0.15) is 4.68 Å². The standard InChI is InChI=1S/C22H26N6O2S2/c1-2-3-6-14-9-11-15(12-10-14)28-22(25-26-27-28)31-13-18(29)24-21-19(20(23)30)16-7-4-5-8-17(16)32-21/h9-12H,2-8,13H2,1H3,(H2,23,30)(H,24,29). The van der Waals surface area contributed by atoms with Crippen molar-refractivity contribution in [2.24, 2.45) is 5.73 Å². The minimum Gasteiger partial charge on any atom is -0.365 e. The van der Waals surface area contributed by atoms with E-state index in [4.69, 9.17) is 5.73 Å². The molecule has 2 heterocycles. The lowest BCUT2D eigenvalue weighted by Crippen LogP contribution is -2.19. The molecule has 0 saturated carbocycles. The highest BCUT2D eigenvalue weighted by molar-refractivity contribution is 7.99.